The lowest BCUT2D eigenvalue weighted by Crippen LogP contribution is -2.36. The molecule has 26 heavy (non-hydrogen) atoms. The first-order valence-corrected chi connectivity index (χ1v) is 8.82. The molecule has 1 amide bonds. The number of fused-ring (bicyclic) bond motifs is 1. The van der Waals surface area contributed by atoms with Crippen LogP contribution >= 0.6 is 0 Å². The van der Waals surface area contributed by atoms with E-state index >= 15 is 0 Å². The molecule has 7 nitrogen and oxygen atoms in total. The molecule has 1 N–H and O–H groups in total. The highest BCUT2D eigenvalue weighted by molar-refractivity contribution is 6.05. The van der Waals surface area contributed by atoms with Crippen molar-refractivity contribution in [3.05, 3.63) is 48.0 Å². The number of anilines is 2. The third kappa shape index (κ3) is 3.25. The van der Waals surface area contributed by atoms with Crippen LogP contribution in [0.25, 0.3) is 11.0 Å². The second-order valence-electron chi connectivity index (χ2n) is 6.21. The number of hydrogen-bond acceptors (Lipinski definition) is 5. The number of nitrogens with one attached hydrogen (secondary N) is 1. The molecule has 0 spiro atoms. The second-order valence-corrected chi connectivity index (χ2v) is 6.21. The van der Waals surface area contributed by atoms with Crippen LogP contribution in [0, 0.1) is 0 Å². The second kappa shape index (κ2) is 7.13. The summed E-state index contributed by atoms with van der Waals surface area (Å²) in [6.45, 7) is 6.05. The molecule has 1 aliphatic rings. The van der Waals surface area contributed by atoms with Crippen LogP contribution in [0.4, 0.5) is 11.4 Å². The Morgan fingerprint density at radius 1 is 1.15 bits per heavy atom. The molecular formula is C19H21N5O2. The van der Waals surface area contributed by atoms with Crippen LogP contribution in [0.3, 0.4) is 0 Å². The SMILES string of the molecule is CCn1nnc2cc(C(=O)Nc3ccc(N4CCOCC4)cc3)ccc21. The van der Waals surface area contributed by atoms with E-state index in [4.69, 9.17) is 4.74 Å². The summed E-state index contributed by atoms with van der Waals surface area (Å²) in [5.74, 6) is -0.155. The highest BCUT2D eigenvalue weighted by Crippen LogP contribution is 2.20. The zero-order valence-corrected chi connectivity index (χ0v) is 14.7. The van der Waals surface area contributed by atoms with E-state index in [0.29, 0.717) is 5.56 Å². The molecule has 134 valence electrons. The Morgan fingerprint density at radius 2 is 1.92 bits per heavy atom. The molecule has 2 aromatic carbocycles. The summed E-state index contributed by atoms with van der Waals surface area (Å²) in [4.78, 5) is 14.8. The number of rotatable bonds is 4. The first-order chi connectivity index (χ1) is 12.7. The van der Waals surface area contributed by atoms with E-state index in [1.165, 1.54) is 0 Å². The zero-order chi connectivity index (χ0) is 17.9. The fraction of sp³-hybridized carbons (Fsp3) is 0.316. The van der Waals surface area contributed by atoms with Crippen LogP contribution in [0.2, 0.25) is 0 Å². The molecule has 7 heteroatoms. The molecule has 1 aliphatic heterocycles. The molecule has 1 aromatic heterocycles. The number of nitrogens with zero attached hydrogens (tertiary/aromatic N) is 4. The van der Waals surface area contributed by atoms with Crippen LogP contribution in [-0.2, 0) is 11.3 Å². The van der Waals surface area contributed by atoms with Crippen molar-refractivity contribution in [3.8, 4) is 0 Å². The van der Waals surface area contributed by atoms with Crippen LogP contribution in [-0.4, -0.2) is 47.2 Å². The number of carbonyl (C=O) groups is 1. The van der Waals surface area contributed by atoms with E-state index in [1.54, 1.807) is 16.8 Å². The molecule has 1 fully saturated rings. The number of aryl methyl sites for hydroxylation is 1. The fourth-order valence-corrected chi connectivity index (χ4v) is 3.13. The average Bonchev–Trinajstić information content (AvgIpc) is 3.11. The van der Waals surface area contributed by atoms with E-state index < -0.39 is 0 Å². The largest absolute Gasteiger partial charge is 0.378 e. The highest BCUT2D eigenvalue weighted by Gasteiger charge is 2.12. The maximum atomic E-state index is 12.5. The molecule has 0 atom stereocenters. The third-order valence-corrected chi connectivity index (χ3v) is 4.58. The van der Waals surface area contributed by atoms with Crippen molar-refractivity contribution >= 4 is 28.3 Å². The van der Waals surface area contributed by atoms with E-state index in [0.717, 1.165) is 55.3 Å². The number of carbonyl (C=O) groups excluding carboxylic acids is 1. The van der Waals surface area contributed by atoms with E-state index in [1.807, 2.05) is 37.3 Å². The standard InChI is InChI=1S/C19H21N5O2/c1-2-24-18-8-3-14(13-17(18)21-22-24)19(25)20-15-4-6-16(7-5-15)23-9-11-26-12-10-23/h3-8,13H,2,9-12H2,1H3,(H,20,25). The molecule has 0 unspecified atom stereocenters. The smallest absolute Gasteiger partial charge is 0.255 e. The van der Waals surface area contributed by atoms with Gasteiger partial charge in [-0.1, -0.05) is 5.21 Å². The van der Waals surface area contributed by atoms with Crippen LogP contribution in [0.1, 0.15) is 17.3 Å². The number of amides is 1. The van der Waals surface area contributed by atoms with Gasteiger partial charge in [-0.3, -0.25) is 4.79 Å². The Bertz CT molecular complexity index is 913. The Morgan fingerprint density at radius 3 is 2.65 bits per heavy atom. The lowest BCUT2D eigenvalue weighted by molar-refractivity contribution is 0.102. The molecule has 4 rings (SSSR count). The van der Waals surface area contributed by atoms with Crippen LogP contribution in [0.5, 0.6) is 0 Å². The fourth-order valence-electron chi connectivity index (χ4n) is 3.13. The number of morpholine rings is 1. The summed E-state index contributed by atoms with van der Waals surface area (Å²) in [5.41, 5.74) is 4.13. The van der Waals surface area contributed by atoms with Crippen molar-refractivity contribution < 1.29 is 9.53 Å². The summed E-state index contributed by atoms with van der Waals surface area (Å²) < 4.78 is 7.18. The van der Waals surface area contributed by atoms with Gasteiger partial charge in [0.05, 0.1) is 18.7 Å². The Kier molecular flexibility index (Phi) is 4.53. The molecule has 0 bridgehead atoms. The van der Waals surface area contributed by atoms with Gasteiger partial charge in [-0.25, -0.2) is 4.68 Å². The number of benzene rings is 2. The van der Waals surface area contributed by atoms with Gasteiger partial charge < -0.3 is 15.0 Å². The van der Waals surface area contributed by atoms with Gasteiger partial charge in [0.1, 0.15) is 5.52 Å². The molecule has 1 saturated heterocycles. The highest BCUT2D eigenvalue weighted by atomic mass is 16.5. The normalized spacial score (nSPS) is 14.6. The van der Waals surface area contributed by atoms with Crippen LogP contribution in [0.15, 0.2) is 42.5 Å². The zero-order valence-electron chi connectivity index (χ0n) is 14.7. The average molecular weight is 351 g/mol. The van der Waals surface area contributed by atoms with E-state index in [9.17, 15) is 4.79 Å². The van der Waals surface area contributed by atoms with Gasteiger partial charge >= 0.3 is 0 Å². The Hall–Kier alpha value is -2.93. The first-order valence-electron chi connectivity index (χ1n) is 8.82. The number of ether oxygens (including phenoxy) is 1. The number of hydrogen-bond donors (Lipinski definition) is 1. The molecule has 0 aliphatic carbocycles. The van der Waals surface area contributed by atoms with Crippen molar-refractivity contribution in [1.29, 1.82) is 0 Å². The van der Waals surface area contributed by atoms with E-state index in [-0.39, 0.29) is 5.91 Å². The maximum absolute atomic E-state index is 12.5. The quantitative estimate of drug-likeness (QED) is 0.782. The lowest BCUT2D eigenvalue weighted by Gasteiger charge is -2.28. The summed E-state index contributed by atoms with van der Waals surface area (Å²) in [6, 6.07) is 13.4. The van der Waals surface area contributed by atoms with Gasteiger partial charge in [-0.2, -0.15) is 0 Å². The number of aromatic nitrogens is 3. The van der Waals surface area contributed by atoms with Crippen molar-refractivity contribution in [3.63, 3.8) is 0 Å². The lowest BCUT2D eigenvalue weighted by atomic mass is 10.1. The molecule has 3 aromatic rings. The molecular weight excluding hydrogens is 330 g/mol. The minimum Gasteiger partial charge on any atom is -0.378 e. The predicted octanol–water partition coefficient (Wildman–Crippen LogP) is 2.54. The Balaban J connectivity index is 1.47. The Labute approximate surface area is 151 Å². The van der Waals surface area contributed by atoms with Gasteiger partial charge in [-0.05, 0) is 49.4 Å². The van der Waals surface area contributed by atoms with Gasteiger partial charge in [0.25, 0.3) is 5.91 Å². The van der Waals surface area contributed by atoms with Crippen molar-refractivity contribution in [2.75, 3.05) is 36.5 Å². The van der Waals surface area contributed by atoms with Crippen molar-refractivity contribution in [1.82, 2.24) is 15.0 Å². The predicted molar refractivity (Wildman–Crippen MR) is 101 cm³/mol. The van der Waals surface area contributed by atoms with Gasteiger partial charge in [0.15, 0.2) is 0 Å². The minimum atomic E-state index is -0.155. The monoisotopic (exact) mass is 351 g/mol. The molecule has 2 heterocycles. The summed E-state index contributed by atoms with van der Waals surface area (Å²) in [6.07, 6.45) is 0. The van der Waals surface area contributed by atoms with Gasteiger partial charge in [-0.15, -0.1) is 5.10 Å². The summed E-state index contributed by atoms with van der Waals surface area (Å²) >= 11 is 0. The minimum absolute atomic E-state index is 0.155. The van der Waals surface area contributed by atoms with E-state index in [2.05, 4.69) is 20.5 Å². The first kappa shape index (κ1) is 16.5. The summed E-state index contributed by atoms with van der Waals surface area (Å²) in [7, 11) is 0. The topological polar surface area (TPSA) is 72.3 Å². The molecule has 0 saturated carbocycles. The van der Waals surface area contributed by atoms with Gasteiger partial charge in [0, 0.05) is 36.6 Å². The maximum Gasteiger partial charge on any atom is 0.255 e. The summed E-state index contributed by atoms with van der Waals surface area (Å²) in [5, 5.41) is 11.1. The van der Waals surface area contributed by atoms with Crippen molar-refractivity contribution in [2.45, 2.75) is 13.5 Å². The molecule has 0 radical (unpaired) electrons. The van der Waals surface area contributed by atoms with Gasteiger partial charge in [0.2, 0.25) is 0 Å². The van der Waals surface area contributed by atoms with Crippen LogP contribution < -0.4 is 10.2 Å². The third-order valence-electron chi connectivity index (χ3n) is 4.58. The van der Waals surface area contributed by atoms with Crippen molar-refractivity contribution in [2.24, 2.45) is 0 Å².